The van der Waals surface area contributed by atoms with Crippen molar-refractivity contribution in [1.82, 2.24) is 5.32 Å². The number of ketones is 1. The van der Waals surface area contributed by atoms with Crippen molar-refractivity contribution in [3.8, 4) is 0 Å². The first-order valence-corrected chi connectivity index (χ1v) is 6.20. The molecule has 1 saturated heterocycles. The highest BCUT2D eigenvalue weighted by Gasteiger charge is 2.18. The second kappa shape index (κ2) is 5.64. The van der Waals surface area contributed by atoms with Gasteiger partial charge in [-0.15, -0.1) is 0 Å². The van der Waals surface area contributed by atoms with Crippen molar-refractivity contribution in [1.29, 1.82) is 0 Å². The Morgan fingerprint density at radius 2 is 2.13 bits per heavy atom. The lowest BCUT2D eigenvalue weighted by atomic mass is 9.87. The number of nitrogens with one attached hydrogen (secondary N) is 1. The summed E-state index contributed by atoms with van der Waals surface area (Å²) in [6.45, 7) is 8.77. The summed E-state index contributed by atoms with van der Waals surface area (Å²) in [5.41, 5.74) is 0.292. The summed E-state index contributed by atoms with van der Waals surface area (Å²) in [5.74, 6) is 1.06. The van der Waals surface area contributed by atoms with Crippen LogP contribution in [0.5, 0.6) is 0 Å². The van der Waals surface area contributed by atoms with Gasteiger partial charge in [-0.3, -0.25) is 4.79 Å². The van der Waals surface area contributed by atoms with Gasteiger partial charge in [0.05, 0.1) is 0 Å². The smallest absolute Gasteiger partial charge is 0.133 e. The van der Waals surface area contributed by atoms with E-state index in [4.69, 9.17) is 0 Å². The zero-order valence-electron chi connectivity index (χ0n) is 10.4. The molecule has 0 aromatic carbocycles. The average molecular weight is 211 g/mol. The van der Waals surface area contributed by atoms with E-state index in [1.165, 1.54) is 12.8 Å². The highest BCUT2D eigenvalue weighted by molar-refractivity contribution is 5.78. The molecule has 1 rings (SSSR count). The van der Waals surface area contributed by atoms with E-state index in [2.05, 4.69) is 26.1 Å². The molecule has 1 atom stereocenters. The maximum atomic E-state index is 11.7. The fourth-order valence-electron chi connectivity index (χ4n) is 2.04. The topological polar surface area (TPSA) is 29.1 Å². The van der Waals surface area contributed by atoms with Crippen LogP contribution >= 0.6 is 0 Å². The fourth-order valence-corrected chi connectivity index (χ4v) is 2.04. The van der Waals surface area contributed by atoms with E-state index in [0.29, 0.717) is 17.1 Å². The minimum absolute atomic E-state index is 0.292. The Bertz CT molecular complexity index is 199. The molecule has 0 aliphatic carbocycles. The van der Waals surface area contributed by atoms with Crippen LogP contribution in [0.3, 0.4) is 0 Å². The van der Waals surface area contributed by atoms with Gasteiger partial charge >= 0.3 is 0 Å². The van der Waals surface area contributed by atoms with Gasteiger partial charge in [0.1, 0.15) is 5.78 Å². The number of piperidine rings is 1. The summed E-state index contributed by atoms with van der Waals surface area (Å²) in [4.78, 5) is 11.7. The highest BCUT2D eigenvalue weighted by Crippen LogP contribution is 2.22. The quantitative estimate of drug-likeness (QED) is 0.774. The molecule has 0 saturated carbocycles. The first-order valence-electron chi connectivity index (χ1n) is 6.20. The molecule has 2 nitrogen and oxygen atoms in total. The second-order valence-electron chi connectivity index (χ2n) is 6.02. The van der Waals surface area contributed by atoms with Crippen LogP contribution in [0, 0.1) is 11.3 Å². The molecule has 1 heterocycles. The summed E-state index contributed by atoms with van der Waals surface area (Å²) in [5, 5.41) is 3.36. The summed E-state index contributed by atoms with van der Waals surface area (Å²) in [7, 11) is 0. The third-order valence-electron chi connectivity index (χ3n) is 3.07. The van der Waals surface area contributed by atoms with E-state index in [9.17, 15) is 4.79 Å². The van der Waals surface area contributed by atoms with Gasteiger partial charge in [-0.1, -0.05) is 20.8 Å². The largest absolute Gasteiger partial charge is 0.316 e. The van der Waals surface area contributed by atoms with Crippen LogP contribution in [-0.2, 0) is 4.79 Å². The normalized spacial score (nSPS) is 22.7. The van der Waals surface area contributed by atoms with Crippen molar-refractivity contribution in [3.63, 3.8) is 0 Å². The minimum Gasteiger partial charge on any atom is -0.316 e. The zero-order valence-corrected chi connectivity index (χ0v) is 10.4. The molecular weight excluding hydrogens is 186 g/mol. The molecule has 1 aliphatic rings. The first kappa shape index (κ1) is 12.7. The molecule has 1 unspecified atom stereocenters. The monoisotopic (exact) mass is 211 g/mol. The number of carbonyl (C=O) groups excluding carboxylic acids is 1. The van der Waals surface area contributed by atoms with Crippen molar-refractivity contribution in [2.24, 2.45) is 11.3 Å². The Morgan fingerprint density at radius 1 is 1.40 bits per heavy atom. The van der Waals surface area contributed by atoms with E-state index in [0.717, 1.165) is 32.4 Å². The predicted octanol–water partition coefficient (Wildman–Crippen LogP) is 2.77. The van der Waals surface area contributed by atoms with E-state index < -0.39 is 0 Å². The minimum atomic E-state index is 0.292. The highest BCUT2D eigenvalue weighted by atomic mass is 16.1. The van der Waals surface area contributed by atoms with E-state index in [-0.39, 0.29) is 0 Å². The first-order chi connectivity index (χ1) is 6.97. The zero-order chi connectivity index (χ0) is 11.3. The Hall–Kier alpha value is -0.370. The molecule has 0 radical (unpaired) electrons. The van der Waals surface area contributed by atoms with Crippen molar-refractivity contribution in [3.05, 3.63) is 0 Å². The average Bonchev–Trinajstić information content (AvgIpc) is 2.15. The molecule has 88 valence electrons. The molecule has 0 aromatic rings. The Labute approximate surface area is 93.8 Å². The van der Waals surface area contributed by atoms with Gasteiger partial charge in [-0.2, -0.15) is 0 Å². The van der Waals surface area contributed by atoms with E-state index >= 15 is 0 Å². The van der Waals surface area contributed by atoms with E-state index in [1.807, 2.05) is 0 Å². The molecule has 0 amide bonds. The van der Waals surface area contributed by atoms with Gasteiger partial charge < -0.3 is 5.32 Å². The van der Waals surface area contributed by atoms with Crippen LogP contribution in [0.25, 0.3) is 0 Å². The van der Waals surface area contributed by atoms with Gasteiger partial charge in [0, 0.05) is 12.8 Å². The Morgan fingerprint density at radius 3 is 2.67 bits per heavy atom. The maximum absolute atomic E-state index is 11.7. The molecule has 2 heteroatoms. The standard InChI is InChI=1S/C13H25NO/c1-13(2,3)7-6-12(15)9-11-5-4-8-14-10-11/h11,14H,4-10H2,1-3H3. The fraction of sp³-hybridized carbons (Fsp3) is 0.923. The maximum Gasteiger partial charge on any atom is 0.133 e. The second-order valence-corrected chi connectivity index (χ2v) is 6.02. The lowest BCUT2D eigenvalue weighted by Gasteiger charge is -2.23. The van der Waals surface area contributed by atoms with Crippen LogP contribution in [0.2, 0.25) is 0 Å². The summed E-state index contributed by atoms with van der Waals surface area (Å²) in [6, 6.07) is 0. The number of hydrogen-bond acceptors (Lipinski definition) is 2. The Kier molecular flexibility index (Phi) is 4.78. The van der Waals surface area contributed by atoms with E-state index in [1.54, 1.807) is 0 Å². The van der Waals surface area contributed by atoms with Crippen molar-refractivity contribution in [2.75, 3.05) is 13.1 Å². The molecule has 0 aromatic heterocycles. The van der Waals surface area contributed by atoms with Crippen molar-refractivity contribution >= 4 is 5.78 Å². The summed E-state index contributed by atoms with van der Waals surface area (Å²) >= 11 is 0. The third-order valence-corrected chi connectivity index (χ3v) is 3.07. The van der Waals surface area contributed by atoms with Gasteiger partial charge in [-0.05, 0) is 43.7 Å². The van der Waals surface area contributed by atoms with Crippen LogP contribution in [-0.4, -0.2) is 18.9 Å². The van der Waals surface area contributed by atoms with Crippen LogP contribution in [0.15, 0.2) is 0 Å². The molecule has 1 fully saturated rings. The van der Waals surface area contributed by atoms with Crippen LogP contribution in [0.1, 0.15) is 52.9 Å². The number of rotatable bonds is 4. The predicted molar refractivity (Wildman–Crippen MR) is 63.9 cm³/mol. The van der Waals surface area contributed by atoms with Gasteiger partial charge in [0.25, 0.3) is 0 Å². The lowest BCUT2D eigenvalue weighted by molar-refractivity contribution is -0.120. The molecule has 0 spiro atoms. The van der Waals surface area contributed by atoms with Gasteiger partial charge in [0.15, 0.2) is 0 Å². The number of hydrogen-bond donors (Lipinski definition) is 1. The molecule has 0 bridgehead atoms. The van der Waals surface area contributed by atoms with Crippen molar-refractivity contribution < 1.29 is 4.79 Å². The number of Topliss-reactive ketones (excluding diaryl/α,β-unsaturated/α-hetero) is 1. The molecule has 15 heavy (non-hydrogen) atoms. The molecule has 1 N–H and O–H groups in total. The van der Waals surface area contributed by atoms with Crippen LogP contribution in [0.4, 0.5) is 0 Å². The molecule has 1 aliphatic heterocycles. The van der Waals surface area contributed by atoms with Crippen LogP contribution < -0.4 is 5.32 Å². The van der Waals surface area contributed by atoms with Gasteiger partial charge in [0.2, 0.25) is 0 Å². The Balaban J connectivity index is 2.17. The third kappa shape index (κ3) is 5.93. The summed E-state index contributed by atoms with van der Waals surface area (Å²) in [6.07, 6.45) is 5.04. The number of carbonyl (C=O) groups is 1. The van der Waals surface area contributed by atoms with Crippen molar-refractivity contribution in [2.45, 2.75) is 52.9 Å². The SMILES string of the molecule is CC(C)(C)CCC(=O)CC1CCCNC1. The van der Waals surface area contributed by atoms with Gasteiger partial charge in [-0.25, -0.2) is 0 Å². The molecular formula is C13H25NO. The summed E-state index contributed by atoms with van der Waals surface area (Å²) < 4.78 is 0. The lowest BCUT2D eigenvalue weighted by Crippen LogP contribution is -2.31.